The number of hydrogen-bond acceptors (Lipinski definition) is 5. The fourth-order valence-electron chi connectivity index (χ4n) is 4.33. The Morgan fingerprint density at radius 2 is 1.64 bits per heavy atom. The molecule has 0 bridgehead atoms. The molecule has 3 heterocycles. The van der Waals surface area contributed by atoms with Gasteiger partial charge in [0.05, 0.1) is 31.3 Å². The molecule has 0 N–H and O–H groups in total. The molecule has 6 nitrogen and oxygen atoms in total. The molecule has 1 saturated heterocycles. The highest BCUT2D eigenvalue weighted by Crippen LogP contribution is 2.34. The second kappa shape index (κ2) is 9.77. The first-order valence-electron chi connectivity index (χ1n) is 11.4. The van der Waals surface area contributed by atoms with Crippen LogP contribution in [-0.2, 0) is 24.3 Å². The highest BCUT2D eigenvalue weighted by Gasteiger charge is 2.28. The Bertz CT molecular complexity index is 1160. The van der Waals surface area contributed by atoms with Crippen LogP contribution in [0.15, 0.2) is 88.0 Å². The average Bonchev–Trinajstić information content (AvgIpc) is 3.62. The fraction of sp³-hybridized carbons (Fsp3) is 0.259. The van der Waals surface area contributed by atoms with Crippen LogP contribution in [0.2, 0.25) is 0 Å². The highest BCUT2D eigenvalue weighted by molar-refractivity contribution is 5.79. The quantitative estimate of drug-likeness (QED) is 0.371. The number of amides is 1. The number of hydrogen-bond donors (Lipinski definition) is 0. The minimum Gasteiger partial charge on any atom is -0.467 e. The number of furan rings is 1. The Morgan fingerprint density at radius 1 is 0.909 bits per heavy atom. The lowest BCUT2D eigenvalue weighted by molar-refractivity contribution is -0.132. The normalized spacial score (nSPS) is 13.4. The molecular weight excluding hydrogens is 414 g/mol. The summed E-state index contributed by atoms with van der Waals surface area (Å²) in [6, 6.07) is 23.6. The van der Waals surface area contributed by atoms with E-state index in [0.29, 0.717) is 19.5 Å². The fourth-order valence-corrected chi connectivity index (χ4v) is 4.33. The first-order chi connectivity index (χ1) is 16.3. The Hall–Kier alpha value is -3.80. The lowest BCUT2D eigenvalue weighted by atomic mass is 10.1. The van der Waals surface area contributed by atoms with E-state index in [1.807, 2.05) is 77.7 Å². The van der Waals surface area contributed by atoms with Crippen LogP contribution in [0.4, 0.5) is 5.88 Å². The van der Waals surface area contributed by atoms with Crippen molar-refractivity contribution in [2.45, 2.75) is 32.4 Å². The summed E-state index contributed by atoms with van der Waals surface area (Å²) in [7, 11) is 0. The van der Waals surface area contributed by atoms with Crippen LogP contribution in [0, 0.1) is 0 Å². The zero-order chi connectivity index (χ0) is 22.5. The Morgan fingerprint density at radius 3 is 2.33 bits per heavy atom. The van der Waals surface area contributed by atoms with Gasteiger partial charge >= 0.3 is 0 Å². The Balaban J connectivity index is 1.49. The number of carbonyl (C=O) groups excluding carboxylic acids is 1. The topological polar surface area (TPSA) is 62.7 Å². The van der Waals surface area contributed by atoms with Crippen molar-refractivity contribution < 1.29 is 13.7 Å². The van der Waals surface area contributed by atoms with Gasteiger partial charge in [0.2, 0.25) is 11.8 Å². The molecule has 2 aromatic carbocycles. The molecule has 0 saturated carbocycles. The van der Waals surface area contributed by atoms with E-state index >= 15 is 0 Å². The van der Waals surface area contributed by atoms with Gasteiger partial charge in [-0.2, -0.15) is 0 Å². The maximum Gasteiger partial charge on any atom is 0.232 e. The molecule has 1 aliphatic rings. The number of benzene rings is 2. The summed E-state index contributed by atoms with van der Waals surface area (Å²) in [5.74, 6) is 1.55. The molecule has 1 aliphatic heterocycles. The van der Waals surface area contributed by atoms with Gasteiger partial charge in [0.15, 0.2) is 0 Å². The molecule has 0 aliphatic carbocycles. The second-order valence-electron chi connectivity index (χ2n) is 8.37. The van der Waals surface area contributed by atoms with Crippen LogP contribution < -0.4 is 4.90 Å². The third-order valence-corrected chi connectivity index (χ3v) is 6.03. The third kappa shape index (κ3) is 4.85. The number of carbonyl (C=O) groups is 1. The van der Waals surface area contributed by atoms with E-state index in [2.05, 4.69) is 10.1 Å². The van der Waals surface area contributed by atoms with Crippen molar-refractivity contribution in [3.63, 3.8) is 0 Å². The van der Waals surface area contributed by atoms with Crippen molar-refractivity contribution in [2.75, 3.05) is 18.0 Å². The van der Waals surface area contributed by atoms with Crippen LogP contribution in [0.1, 0.15) is 29.7 Å². The molecule has 0 unspecified atom stereocenters. The summed E-state index contributed by atoms with van der Waals surface area (Å²) in [5.41, 5.74) is 3.70. The van der Waals surface area contributed by atoms with Crippen LogP contribution in [0.25, 0.3) is 11.3 Å². The molecule has 1 amide bonds. The van der Waals surface area contributed by atoms with E-state index in [1.165, 1.54) is 0 Å². The summed E-state index contributed by atoms with van der Waals surface area (Å²) < 4.78 is 11.5. The van der Waals surface area contributed by atoms with Gasteiger partial charge in [0.25, 0.3) is 0 Å². The molecule has 0 spiro atoms. The van der Waals surface area contributed by atoms with Crippen LogP contribution in [0.3, 0.4) is 0 Å². The second-order valence-corrected chi connectivity index (χ2v) is 8.37. The zero-order valence-corrected chi connectivity index (χ0v) is 18.5. The summed E-state index contributed by atoms with van der Waals surface area (Å²) in [6.07, 6.45) is 4.22. The number of aromatic nitrogens is 1. The van der Waals surface area contributed by atoms with Gasteiger partial charge in [-0.3, -0.25) is 4.79 Å². The number of nitrogens with zero attached hydrogens (tertiary/aromatic N) is 3. The third-order valence-electron chi connectivity index (χ3n) is 6.03. The minimum absolute atomic E-state index is 0.0326. The summed E-state index contributed by atoms with van der Waals surface area (Å²) in [6.45, 7) is 2.66. The number of rotatable bonds is 8. The van der Waals surface area contributed by atoms with Gasteiger partial charge in [0.1, 0.15) is 11.5 Å². The van der Waals surface area contributed by atoms with E-state index in [-0.39, 0.29) is 5.91 Å². The van der Waals surface area contributed by atoms with E-state index in [0.717, 1.165) is 60.0 Å². The van der Waals surface area contributed by atoms with E-state index < -0.39 is 0 Å². The van der Waals surface area contributed by atoms with E-state index in [9.17, 15) is 4.79 Å². The average molecular weight is 442 g/mol. The molecule has 0 radical (unpaired) electrons. The summed E-state index contributed by atoms with van der Waals surface area (Å²) in [4.78, 5) is 17.5. The largest absolute Gasteiger partial charge is 0.467 e. The smallest absolute Gasteiger partial charge is 0.232 e. The van der Waals surface area contributed by atoms with E-state index in [4.69, 9.17) is 8.94 Å². The van der Waals surface area contributed by atoms with Crippen molar-refractivity contribution in [1.29, 1.82) is 0 Å². The molecule has 33 heavy (non-hydrogen) atoms. The van der Waals surface area contributed by atoms with Crippen molar-refractivity contribution in [3.05, 3.63) is 95.9 Å². The molecule has 0 atom stereocenters. The van der Waals surface area contributed by atoms with Gasteiger partial charge in [0, 0.05) is 18.7 Å². The first kappa shape index (κ1) is 21.1. The molecule has 1 fully saturated rings. The van der Waals surface area contributed by atoms with Gasteiger partial charge < -0.3 is 18.7 Å². The van der Waals surface area contributed by atoms with Gasteiger partial charge in [-0.1, -0.05) is 65.8 Å². The minimum atomic E-state index is 0.0326. The maximum atomic E-state index is 13.5. The summed E-state index contributed by atoms with van der Waals surface area (Å²) >= 11 is 0. The molecule has 6 heteroatoms. The molecule has 168 valence electrons. The van der Waals surface area contributed by atoms with Crippen molar-refractivity contribution >= 4 is 11.8 Å². The van der Waals surface area contributed by atoms with Gasteiger partial charge in [-0.15, -0.1) is 0 Å². The van der Waals surface area contributed by atoms with Gasteiger partial charge in [-0.25, -0.2) is 0 Å². The highest BCUT2D eigenvalue weighted by atomic mass is 16.5. The molecule has 5 rings (SSSR count). The predicted octanol–water partition coefficient (Wildman–Crippen LogP) is 5.31. The lowest BCUT2D eigenvalue weighted by Crippen LogP contribution is -2.32. The Kier molecular flexibility index (Phi) is 6.24. The van der Waals surface area contributed by atoms with Crippen LogP contribution in [-0.4, -0.2) is 29.1 Å². The standard InChI is InChI=1S/C27H27N3O3/c31-25(18-21-10-3-1-4-11-21)30(19-23-14-9-17-32-23)20-24-26(22-12-5-2-6-13-22)28-33-27(24)29-15-7-8-16-29/h1-6,9-14,17H,7-8,15-16,18-20H2. The zero-order valence-electron chi connectivity index (χ0n) is 18.5. The first-order valence-corrected chi connectivity index (χ1v) is 11.4. The van der Waals surface area contributed by atoms with Crippen molar-refractivity contribution in [1.82, 2.24) is 10.1 Å². The predicted molar refractivity (Wildman–Crippen MR) is 126 cm³/mol. The molecule has 4 aromatic rings. The lowest BCUT2D eigenvalue weighted by Gasteiger charge is -2.24. The molecule has 2 aromatic heterocycles. The van der Waals surface area contributed by atoms with Crippen molar-refractivity contribution in [3.8, 4) is 11.3 Å². The Labute approximate surface area is 193 Å². The molecular formula is C27H27N3O3. The van der Waals surface area contributed by atoms with Crippen molar-refractivity contribution in [2.24, 2.45) is 0 Å². The monoisotopic (exact) mass is 441 g/mol. The number of anilines is 1. The van der Waals surface area contributed by atoms with Gasteiger partial charge in [-0.05, 0) is 30.5 Å². The summed E-state index contributed by atoms with van der Waals surface area (Å²) in [5, 5.41) is 4.45. The SMILES string of the molecule is O=C(Cc1ccccc1)N(Cc1ccco1)Cc1c(-c2ccccc2)noc1N1CCCC1. The van der Waals surface area contributed by atoms with E-state index in [1.54, 1.807) is 6.26 Å². The maximum absolute atomic E-state index is 13.5. The van der Waals surface area contributed by atoms with Crippen LogP contribution >= 0.6 is 0 Å². The van der Waals surface area contributed by atoms with Crippen LogP contribution in [0.5, 0.6) is 0 Å².